The molecule has 4 heteroatoms. The van der Waals surface area contributed by atoms with Crippen LogP contribution in [0.1, 0.15) is 13.8 Å². The number of hydrogen-bond acceptors (Lipinski definition) is 2. The zero-order valence-electron chi connectivity index (χ0n) is 12.2. The van der Waals surface area contributed by atoms with Gasteiger partial charge >= 0.3 is 121 Å². The van der Waals surface area contributed by atoms with Crippen molar-refractivity contribution in [2.24, 2.45) is 5.92 Å². The first kappa shape index (κ1) is 14.8. The third-order valence-electron chi connectivity index (χ3n) is 3.43. The van der Waals surface area contributed by atoms with Gasteiger partial charge in [0, 0.05) is 0 Å². The molecule has 0 bridgehead atoms. The van der Waals surface area contributed by atoms with Crippen molar-refractivity contribution in [3.8, 4) is 0 Å². The summed E-state index contributed by atoms with van der Waals surface area (Å²) in [5.41, 5.74) is 0. The van der Waals surface area contributed by atoms with Gasteiger partial charge in [0.2, 0.25) is 0 Å². The van der Waals surface area contributed by atoms with Crippen LogP contribution in [0.15, 0.2) is 60.7 Å². The van der Waals surface area contributed by atoms with Crippen molar-refractivity contribution in [1.82, 2.24) is 0 Å². The number of carbonyl (C=O) groups is 1. The number of carbonyl (C=O) groups excluding carboxylic acids is 1. The molecule has 0 spiro atoms. The molecule has 0 saturated heterocycles. The van der Waals surface area contributed by atoms with E-state index in [1.165, 1.54) is 0 Å². The van der Waals surface area contributed by atoms with Crippen molar-refractivity contribution in [2.45, 2.75) is 13.8 Å². The van der Waals surface area contributed by atoms with E-state index < -0.39 is 7.37 Å². The maximum absolute atomic E-state index is 12.1. The van der Waals surface area contributed by atoms with E-state index in [9.17, 15) is 4.79 Å². The Morgan fingerprint density at radius 2 is 1.35 bits per heavy atom. The summed E-state index contributed by atoms with van der Waals surface area (Å²) >= 11 is 0. The van der Waals surface area contributed by atoms with Crippen LogP contribution in [0.5, 0.6) is 0 Å². The third-order valence-corrected chi connectivity index (χ3v) is 6.90. The molecule has 0 aliphatic rings. The van der Waals surface area contributed by atoms with Crippen LogP contribution in [0.25, 0.3) is 0 Å². The molecule has 104 valence electrons. The van der Waals surface area contributed by atoms with E-state index in [2.05, 4.69) is 7.57 Å². The fraction of sp³-hybridized carbons (Fsp3) is 0.188. The standard InChI is InChI=1S/C16H20BO2P/c1-13(2)16(18)19-20(17,14-9-5-3-6-10-14)15-11-7-4-8-12-15/h3-13,20H,17H2,1-2H3. The molecule has 2 nitrogen and oxygen atoms in total. The molecule has 2 aromatic rings. The van der Waals surface area contributed by atoms with Gasteiger partial charge in [-0.1, -0.05) is 0 Å². The van der Waals surface area contributed by atoms with E-state index in [0.717, 1.165) is 10.6 Å². The molecule has 0 amide bonds. The van der Waals surface area contributed by atoms with E-state index in [1.807, 2.05) is 74.5 Å². The van der Waals surface area contributed by atoms with Crippen molar-refractivity contribution in [2.75, 3.05) is 0 Å². The third kappa shape index (κ3) is 3.11. The molecule has 2 aromatic carbocycles. The minimum atomic E-state index is -2.48. The molecule has 2 rings (SSSR count). The van der Waals surface area contributed by atoms with Crippen molar-refractivity contribution < 1.29 is 9.32 Å². The Kier molecular flexibility index (Phi) is 4.62. The van der Waals surface area contributed by atoms with Gasteiger partial charge in [-0.2, -0.15) is 0 Å². The average molecular weight is 286 g/mol. The van der Waals surface area contributed by atoms with Crippen LogP contribution >= 0.6 is 7.37 Å². The predicted octanol–water partition coefficient (Wildman–Crippen LogP) is 2.05. The van der Waals surface area contributed by atoms with Gasteiger partial charge in [-0.25, -0.2) is 0 Å². The van der Waals surface area contributed by atoms with E-state index in [1.54, 1.807) is 0 Å². The number of benzene rings is 2. The number of hydrogen-bond donors (Lipinski definition) is 0. The quantitative estimate of drug-likeness (QED) is 0.635. The molecule has 0 radical (unpaired) electrons. The molecule has 0 heterocycles. The number of rotatable bonds is 4. The Morgan fingerprint density at radius 1 is 0.950 bits per heavy atom. The fourth-order valence-electron chi connectivity index (χ4n) is 2.12. The maximum atomic E-state index is 12.1. The molecular weight excluding hydrogens is 266 g/mol. The second-order valence-electron chi connectivity index (χ2n) is 5.34. The second kappa shape index (κ2) is 6.24. The monoisotopic (exact) mass is 286 g/mol. The Morgan fingerprint density at radius 3 is 1.70 bits per heavy atom. The van der Waals surface area contributed by atoms with Crippen LogP contribution in [0, 0.1) is 5.92 Å². The first-order valence-corrected chi connectivity index (χ1v) is 9.29. The molecule has 0 aliphatic heterocycles. The van der Waals surface area contributed by atoms with Gasteiger partial charge in [0.25, 0.3) is 0 Å². The zero-order chi connectivity index (χ0) is 14.6. The van der Waals surface area contributed by atoms with Gasteiger partial charge in [0.15, 0.2) is 0 Å². The molecule has 0 N–H and O–H groups in total. The van der Waals surface area contributed by atoms with Crippen molar-refractivity contribution in [3.05, 3.63) is 60.7 Å². The van der Waals surface area contributed by atoms with Gasteiger partial charge in [-0.05, 0) is 0 Å². The van der Waals surface area contributed by atoms with Crippen LogP contribution in [-0.4, -0.2) is 13.5 Å². The fourth-order valence-corrected chi connectivity index (χ4v) is 4.98. The van der Waals surface area contributed by atoms with Crippen molar-refractivity contribution >= 4 is 31.5 Å². The van der Waals surface area contributed by atoms with Crippen LogP contribution in [0.3, 0.4) is 0 Å². The van der Waals surface area contributed by atoms with Crippen LogP contribution in [0.2, 0.25) is 0 Å². The summed E-state index contributed by atoms with van der Waals surface area (Å²) < 4.78 is 5.97. The summed E-state index contributed by atoms with van der Waals surface area (Å²) in [6.45, 7) is 3.74. The van der Waals surface area contributed by atoms with Gasteiger partial charge in [0.1, 0.15) is 0 Å². The zero-order valence-corrected chi connectivity index (χ0v) is 13.2. The van der Waals surface area contributed by atoms with Crippen LogP contribution < -0.4 is 10.6 Å². The van der Waals surface area contributed by atoms with E-state index in [-0.39, 0.29) is 11.9 Å². The van der Waals surface area contributed by atoms with Crippen LogP contribution in [-0.2, 0) is 9.32 Å². The first-order chi connectivity index (χ1) is 9.54. The molecular formula is C16H20BO2P. The molecule has 20 heavy (non-hydrogen) atoms. The normalized spacial score (nSPS) is 12.2. The van der Waals surface area contributed by atoms with Gasteiger partial charge in [-0.15, -0.1) is 0 Å². The summed E-state index contributed by atoms with van der Waals surface area (Å²) in [5.74, 6) is -0.249. The molecule has 0 unspecified atom stereocenters. The predicted molar refractivity (Wildman–Crippen MR) is 89.9 cm³/mol. The van der Waals surface area contributed by atoms with E-state index >= 15 is 0 Å². The van der Waals surface area contributed by atoms with Crippen LogP contribution in [0.4, 0.5) is 0 Å². The average Bonchev–Trinajstić information content (AvgIpc) is 2.48. The summed E-state index contributed by atoms with van der Waals surface area (Å²) in [6, 6.07) is 20.1. The van der Waals surface area contributed by atoms with Gasteiger partial charge in [0.05, 0.1) is 0 Å². The molecule has 0 aromatic heterocycles. The summed E-state index contributed by atoms with van der Waals surface area (Å²) in [5, 5.41) is 2.22. The molecule has 0 fully saturated rings. The Bertz CT molecular complexity index is 530. The summed E-state index contributed by atoms with van der Waals surface area (Å²) in [7, 11) is -0.396. The van der Waals surface area contributed by atoms with Crippen molar-refractivity contribution in [1.29, 1.82) is 0 Å². The SMILES string of the molecule is B[PH](OC(=O)C(C)C)(c1ccccc1)c1ccccc1. The summed E-state index contributed by atoms with van der Waals surface area (Å²) in [6.07, 6.45) is 0. The molecule has 0 aliphatic carbocycles. The first-order valence-electron chi connectivity index (χ1n) is 6.88. The summed E-state index contributed by atoms with van der Waals surface area (Å²) in [4.78, 5) is 12.1. The van der Waals surface area contributed by atoms with E-state index in [4.69, 9.17) is 4.52 Å². The van der Waals surface area contributed by atoms with Gasteiger partial charge in [-0.3, -0.25) is 0 Å². The van der Waals surface area contributed by atoms with Crippen molar-refractivity contribution in [3.63, 3.8) is 0 Å². The Labute approximate surface area is 122 Å². The Hall–Kier alpha value is -1.60. The minimum absolute atomic E-state index is 0.116. The Balaban J connectivity index is 2.47. The molecule has 0 saturated carbocycles. The van der Waals surface area contributed by atoms with Gasteiger partial charge < -0.3 is 0 Å². The topological polar surface area (TPSA) is 26.3 Å². The van der Waals surface area contributed by atoms with E-state index in [0.29, 0.717) is 0 Å². The second-order valence-corrected chi connectivity index (χ2v) is 8.77. The molecule has 0 atom stereocenters.